The molecule has 0 amide bonds. The molecule has 23 heavy (non-hydrogen) atoms. The molecule has 0 aromatic carbocycles. The van der Waals surface area contributed by atoms with Crippen molar-refractivity contribution < 1.29 is 4.74 Å². The lowest BCUT2D eigenvalue weighted by Crippen LogP contribution is -2.38. The van der Waals surface area contributed by atoms with Gasteiger partial charge in [0.1, 0.15) is 11.3 Å². The van der Waals surface area contributed by atoms with Crippen LogP contribution in [-0.4, -0.2) is 52.3 Å². The molecule has 2 aromatic heterocycles. The van der Waals surface area contributed by atoms with Crippen molar-refractivity contribution in [1.29, 1.82) is 0 Å². The second-order valence-corrected chi connectivity index (χ2v) is 6.95. The molecule has 2 aliphatic rings. The van der Waals surface area contributed by atoms with E-state index >= 15 is 0 Å². The lowest BCUT2D eigenvalue weighted by Gasteiger charge is -2.33. The SMILES string of the molecule is CN1CCCCC1Cc1nc2cccnc2n1C1CCCOC1. The van der Waals surface area contributed by atoms with Crippen molar-refractivity contribution in [1.82, 2.24) is 19.4 Å². The van der Waals surface area contributed by atoms with Crippen LogP contribution in [0.4, 0.5) is 0 Å². The number of hydrogen-bond donors (Lipinski definition) is 0. The second kappa shape index (κ2) is 6.57. The molecule has 2 aliphatic heterocycles. The molecule has 0 radical (unpaired) electrons. The van der Waals surface area contributed by atoms with E-state index in [-0.39, 0.29) is 0 Å². The van der Waals surface area contributed by atoms with Gasteiger partial charge in [-0.3, -0.25) is 0 Å². The molecule has 0 saturated carbocycles. The fourth-order valence-electron chi connectivity index (χ4n) is 4.04. The highest BCUT2D eigenvalue weighted by Gasteiger charge is 2.26. The fourth-order valence-corrected chi connectivity index (χ4v) is 4.04. The Morgan fingerprint density at radius 2 is 2.22 bits per heavy atom. The molecule has 2 aromatic rings. The molecule has 124 valence electrons. The Kier molecular flexibility index (Phi) is 4.31. The maximum absolute atomic E-state index is 5.73. The van der Waals surface area contributed by atoms with Crippen molar-refractivity contribution in [3.8, 4) is 0 Å². The van der Waals surface area contributed by atoms with Gasteiger partial charge < -0.3 is 14.2 Å². The minimum Gasteiger partial charge on any atom is -0.379 e. The van der Waals surface area contributed by atoms with Crippen molar-refractivity contribution in [2.75, 3.05) is 26.8 Å². The van der Waals surface area contributed by atoms with Crippen LogP contribution < -0.4 is 0 Å². The van der Waals surface area contributed by atoms with E-state index in [2.05, 4.69) is 27.6 Å². The molecule has 5 nitrogen and oxygen atoms in total. The number of ether oxygens (including phenoxy) is 1. The number of pyridine rings is 1. The van der Waals surface area contributed by atoms with Crippen LogP contribution in [0.5, 0.6) is 0 Å². The summed E-state index contributed by atoms with van der Waals surface area (Å²) in [6.07, 6.45) is 9.11. The highest BCUT2D eigenvalue weighted by Crippen LogP contribution is 2.28. The first kappa shape index (κ1) is 15.1. The van der Waals surface area contributed by atoms with Crippen molar-refractivity contribution in [2.45, 2.75) is 50.6 Å². The average Bonchev–Trinajstić information content (AvgIpc) is 2.95. The van der Waals surface area contributed by atoms with Gasteiger partial charge in [0.25, 0.3) is 0 Å². The zero-order valence-corrected chi connectivity index (χ0v) is 13.9. The normalized spacial score (nSPS) is 26.7. The van der Waals surface area contributed by atoms with Crippen LogP contribution in [0.2, 0.25) is 0 Å². The molecule has 5 heteroatoms. The molecular formula is C18H26N4O. The third-order valence-corrected chi connectivity index (χ3v) is 5.36. The van der Waals surface area contributed by atoms with Gasteiger partial charge in [0.15, 0.2) is 5.65 Å². The third kappa shape index (κ3) is 3.00. The maximum Gasteiger partial charge on any atom is 0.160 e. The van der Waals surface area contributed by atoms with Gasteiger partial charge in [-0.15, -0.1) is 0 Å². The van der Waals surface area contributed by atoms with Crippen LogP contribution in [0.25, 0.3) is 11.2 Å². The lowest BCUT2D eigenvalue weighted by molar-refractivity contribution is 0.0587. The van der Waals surface area contributed by atoms with Gasteiger partial charge in [0.2, 0.25) is 0 Å². The molecule has 0 spiro atoms. The average molecular weight is 314 g/mol. The van der Waals surface area contributed by atoms with E-state index in [0.29, 0.717) is 12.1 Å². The summed E-state index contributed by atoms with van der Waals surface area (Å²) < 4.78 is 8.11. The number of likely N-dealkylation sites (tertiary alicyclic amines) is 1. The summed E-state index contributed by atoms with van der Waals surface area (Å²) in [5.74, 6) is 1.19. The van der Waals surface area contributed by atoms with Crippen LogP contribution in [0, 0.1) is 0 Å². The van der Waals surface area contributed by atoms with Gasteiger partial charge in [-0.1, -0.05) is 6.42 Å². The van der Waals surface area contributed by atoms with Crippen LogP contribution in [0.15, 0.2) is 18.3 Å². The lowest BCUT2D eigenvalue weighted by atomic mass is 9.99. The molecule has 0 bridgehead atoms. The number of aromatic nitrogens is 3. The monoisotopic (exact) mass is 314 g/mol. The molecule has 0 aliphatic carbocycles. The zero-order chi connectivity index (χ0) is 15.6. The summed E-state index contributed by atoms with van der Waals surface area (Å²) in [4.78, 5) is 12.1. The van der Waals surface area contributed by atoms with Crippen LogP contribution in [0.3, 0.4) is 0 Å². The van der Waals surface area contributed by atoms with Gasteiger partial charge >= 0.3 is 0 Å². The summed E-state index contributed by atoms with van der Waals surface area (Å²) >= 11 is 0. The zero-order valence-electron chi connectivity index (χ0n) is 13.9. The number of hydrogen-bond acceptors (Lipinski definition) is 4. The fraction of sp³-hybridized carbons (Fsp3) is 0.667. The van der Waals surface area contributed by atoms with Gasteiger partial charge in [-0.2, -0.15) is 0 Å². The maximum atomic E-state index is 5.73. The minimum atomic E-state index is 0.382. The van der Waals surface area contributed by atoms with Crippen LogP contribution >= 0.6 is 0 Å². The number of nitrogens with zero attached hydrogens (tertiary/aromatic N) is 4. The summed E-state index contributed by atoms with van der Waals surface area (Å²) in [6, 6.07) is 5.04. The molecule has 2 fully saturated rings. The Bertz CT molecular complexity index is 662. The largest absolute Gasteiger partial charge is 0.379 e. The van der Waals surface area contributed by atoms with Gasteiger partial charge in [0, 0.05) is 25.3 Å². The first-order chi connectivity index (χ1) is 11.3. The number of piperidine rings is 1. The van der Waals surface area contributed by atoms with Crippen molar-refractivity contribution >= 4 is 11.2 Å². The standard InChI is InChI=1S/C18H26N4O/c1-21-10-3-2-6-14(21)12-17-20-16-8-4-9-19-18(16)22(17)15-7-5-11-23-13-15/h4,8-9,14-15H,2-3,5-7,10-13H2,1H3. The quantitative estimate of drug-likeness (QED) is 0.874. The molecule has 4 rings (SSSR count). The molecular weight excluding hydrogens is 288 g/mol. The second-order valence-electron chi connectivity index (χ2n) is 6.95. The molecule has 0 N–H and O–H groups in total. The predicted molar refractivity (Wildman–Crippen MR) is 90.6 cm³/mol. The first-order valence-corrected chi connectivity index (χ1v) is 8.93. The number of rotatable bonds is 3. The highest BCUT2D eigenvalue weighted by molar-refractivity contribution is 5.71. The summed E-state index contributed by atoms with van der Waals surface area (Å²) in [6.45, 7) is 2.88. The topological polar surface area (TPSA) is 43.2 Å². The van der Waals surface area contributed by atoms with E-state index < -0.39 is 0 Å². The van der Waals surface area contributed by atoms with E-state index in [9.17, 15) is 0 Å². The minimum absolute atomic E-state index is 0.382. The Labute approximate surface area is 137 Å². The van der Waals surface area contributed by atoms with E-state index in [0.717, 1.165) is 43.6 Å². The molecule has 2 atom stereocenters. The van der Waals surface area contributed by atoms with Crippen LogP contribution in [-0.2, 0) is 11.2 Å². The Hall–Kier alpha value is -1.46. The summed E-state index contributed by atoms with van der Waals surface area (Å²) in [5.41, 5.74) is 2.04. The van der Waals surface area contributed by atoms with E-state index in [4.69, 9.17) is 9.72 Å². The van der Waals surface area contributed by atoms with Gasteiger partial charge in [-0.05, 0) is 51.4 Å². The van der Waals surface area contributed by atoms with Gasteiger partial charge in [0.05, 0.1) is 12.6 Å². The Balaban J connectivity index is 1.69. The van der Waals surface area contributed by atoms with E-state index in [1.165, 1.54) is 31.6 Å². The molecule has 2 unspecified atom stereocenters. The predicted octanol–water partition coefficient (Wildman–Crippen LogP) is 2.81. The van der Waals surface area contributed by atoms with Crippen molar-refractivity contribution in [2.24, 2.45) is 0 Å². The number of imidazole rings is 1. The van der Waals surface area contributed by atoms with Crippen molar-refractivity contribution in [3.05, 3.63) is 24.2 Å². The van der Waals surface area contributed by atoms with E-state index in [1.54, 1.807) is 0 Å². The number of likely N-dealkylation sites (N-methyl/N-ethyl adjacent to an activating group) is 1. The van der Waals surface area contributed by atoms with Crippen LogP contribution in [0.1, 0.15) is 44.0 Å². The Morgan fingerprint density at radius 3 is 3.04 bits per heavy atom. The first-order valence-electron chi connectivity index (χ1n) is 8.93. The summed E-state index contributed by atoms with van der Waals surface area (Å²) in [7, 11) is 2.25. The van der Waals surface area contributed by atoms with Gasteiger partial charge in [-0.25, -0.2) is 9.97 Å². The van der Waals surface area contributed by atoms with Crippen molar-refractivity contribution in [3.63, 3.8) is 0 Å². The third-order valence-electron chi connectivity index (χ3n) is 5.36. The highest BCUT2D eigenvalue weighted by atomic mass is 16.5. The summed E-state index contributed by atoms with van der Waals surface area (Å²) in [5, 5.41) is 0. The smallest absolute Gasteiger partial charge is 0.160 e. The number of fused-ring (bicyclic) bond motifs is 1. The Morgan fingerprint density at radius 1 is 1.26 bits per heavy atom. The molecule has 4 heterocycles. The molecule has 2 saturated heterocycles. The van der Waals surface area contributed by atoms with E-state index in [1.807, 2.05) is 12.3 Å².